The lowest BCUT2D eigenvalue weighted by atomic mass is 10.1. The number of anilines is 2. The van der Waals surface area contributed by atoms with Gasteiger partial charge in [0.1, 0.15) is 22.8 Å². The van der Waals surface area contributed by atoms with E-state index in [4.69, 9.17) is 22.3 Å². The zero-order chi connectivity index (χ0) is 22.9. The van der Waals surface area contributed by atoms with Gasteiger partial charge in [0.15, 0.2) is 5.65 Å². The molecule has 0 saturated carbocycles. The minimum Gasteiger partial charge on any atom is -0.383 e. The number of halogens is 2. The number of nitrogens with two attached hydrogens (primary N) is 1. The molecule has 2 aromatic heterocycles. The summed E-state index contributed by atoms with van der Waals surface area (Å²) in [6, 6.07) is 20.8. The van der Waals surface area contributed by atoms with E-state index in [-0.39, 0.29) is 5.82 Å². The van der Waals surface area contributed by atoms with Gasteiger partial charge in [-0.05, 0) is 54.4 Å². The third kappa shape index (κ3) is 3.87. The summed E-state index contributed by atoms with van der Waals surface area (Å²) in [6.07, 6.45) is 0.429. The number of nitrogens with one attached hydrogen (secondary N) is 1. The maximum absolute atomic E-state index is 14.0. The molecule has 33 heavy (non-hydrogen) atoms. The number of hydrogen-bond donors (Lipinski definition) is 2. The molecule has 0 radical (unpaired) electrons. The molecule has 0 fully saturated rings. The van der Waals surface area contributed by atoms with Crippen LogP contribution in [0, 0.1) is 5.82 Å². The normalized spacial score (nSPS) is 11.2. The second-order valence-electron chi connectivity index (χ2n) is 7.56. The molecule has 2 heterocycles. The highest BCUT2D eigenvalue weighted by Gasteiger charge is 2.20. The topological polar surface area (TPSA) is 85.8 Å². The van der Waals surface area contributed by atoms with E-state index in [1.54, 1.807) is 53.1 Å². The smallest absolute Gasteiger partial charge is 0.279 e. The molecule has 0 atom stereocenters. The molecule has 3 N–H and O–H groups in total. The lowest BCUT2D eigenvalue weighted by molar-refractivity contribution is 0.610. The van der Waals surface area contributed by atoms with Crippen LogP contribution in [-0.4, -0.2) is 21.1 Å². The number of nitrogens with zero attached hydrogens (tertiary/aromatic N) is 3. The first-order valence-electron chi connectivity index (χ1n) is 10.4. The quantitative estimate of drug-likeness (QED) is 0.388. The van der Waals surface area contributed by atoms with Crippen molar-refractivity contribution in [2.24, 2.45) is 0 Å². The Kier molecular flexibility index (Phi) is 5.40. The third-order valence-corrected chi connectivity index (χ3v) is 5.72. The minimum absolute atomic E-state index is 0.268. The molecule has 0 bridgehead atoms. The Bertz CT molecular complexity index is 1550. The highest BCUT2D eigenvalue weighted by Crippen LogP contribution is 2.33. The van der Waals surface area contributed by atoms with Gasteiger partial charge >= 0.3 is 0 Å². The van der Waals surface area contributed by atoms with Crippen LogP contribution in [-0.2, 0) is 6.42 Å². The number of nitrogen functional groups attached to an aromatic ring is 1. The summed E-state index contributed by atoms with van der Waals surface area (Å²) in [5.41, 5.74) is 9.20. The molecule has 0 unspecified atom stereocenters. The highest BCUT2D eigenvalue weighted by molar-refractivity contribution is 6.30. The van der Waals surface area contributed by atoms with Gasteiger partial charge in [0.2, 0.25) is 0 Å². The second kappa shape index (κ2) is 8.52. The van der Waals surface area contributed by atoms with E-state index in [0.717, 1.165) is 5.69 Å². The molecule has 5 aromatic rings. The van der Waals surface area contributed by atoms with Crippen LogP contribution in [0.4, 0.5) is 15.9 Å². The Hall–Kier alpha value is -3.97. The third-order valence-electron chi connectivity index (χ3n) is 5.47. The van der Waals surface area contributed by atoms with E-state index in [1.807, 2.05) is 18.2 Å². The fourth-order valence-corrected chi connectivity index (χ4v) is 3.98. The molecule has 0 aliphatic carbocycles. The molecular weight excluding hydrogens is 441 g/mol. The van der Waals surface area contributed by atoms with Crippen LogP contribution in [0.15, 0.2) is 77.6 Å². The Morgan fingerprint density at radius 2 is 1.70 bits per heavy atom. The number of para-hydroxylation sites is 1. The average Bonchev–Trinajstić information content (AvgIpc) is 2.97. The lowest BCUT2D eigenvalue weighted by Crippen LogP contribution is -2.09. The van der Waals surface area contributed by atoms with E-state index in [0.29, 0.717) is 57.1 Å². The van der Waals surface area contributed by atoms with Gasteiger partial charge in [-0.2, -0.15) is 0 Å². The fourth-order valence-electron chi connectivity index (χ4n) is 3.85. The van der Waals surface area contributed by atoms with Crippen LogP contribution in [0.25, 0.3) is 27.8 Å². The van der Waals surface area contributed by atoms with E-state index in [2.05, 4.69) is 10.3 Å². The van der Waals surface area contributed by atoms with Gasteiger partial charge in [0.25, 0.3) is 5.56 Å². The van der Waals surface area contributed by atoms with Crippen molar-refractivity contribution < 1.29 is 4.39 Å². The summed E-state index contributed by atoms with van der Waals surface area (Å²) in [6.45, 7) is 0.388. The number of aromatic nitrogens is 3. The van der Waals surface area contributed by atoms with Gasteiger partial charge in [-0.15, -0.1) is 0 Å². The van der Waals surface area contributed by atoms with E-state index >= 15 is 0 Å². The van der Waals surface area contributed by atoms with Gasteiger partial charge in [-0.3, -0.25) is 9.36 Å². The summed E-state index contributed by atoms with van der Waals surface area (Å²) < 4.78 is 15.8. The first-order chi connectivity index (χ1) is 16.0. The molecule has 0 aliphatic heterocycles. The van der Waals surface area contributed by atoms with Crippen LogP contribution in [0.5, 0.6) is 0 Å². The molecule has 8 heteroatoms. The van der Waals surface area contributed by atoms with Crippen LogP contribution in [0.3, 0.4) is 0 Å². The summed E-state index contributed by atoms with van der Waals surface area (Å²) >= 11 is 6.07. The Morgan fingerprint density at radius 1 is 0.970 bits per heavy atom. The van der Waals surface area contributed by atoms with Gasteiger partial charge in [-0.25, -0.2) is 14.4 Å². The number of benzene rings is 3. The molecular formula is C25H19ClFN5O. The summed E-state index contributed by atoms with van der Waals surface area (Å²) in [7, 11) is 0. The van der Waals surface area contributed by atoms with Gasteiger partial charge in [0.05, 0.1) is 10.9 Å². The first kappa shape index (κ1) is 20.9. The Labute approximate surface area is 193 Å². The molecule has 0 spiro atoms. The Morgan fingerprint density at radius 3 is 2.48 bits per heavy atom. The summed E-state index contributed by atoms with van der Waals surface area (Å²) in [5, 5.41) is 4.24. The predicted molar refractivity (Wildman–Crippen MR) is 131 cm³/mol. The van der Waals surface area contributed by atoms with Crippen molar-refractivity contribution in [2.45, 2.75) is 6.42 Å². The maximum Gasteiger partial charge on any atom is 0.279 e. The molecule has 6 nitrogen and oxygen atoms in total. The molecule has 164 valence electrons. The van der Waals surface area contributed by atoms with Crippen LogP contribution in [0.2, 0.25) is 5.02 Å². The average molecular weight is 460 g/mol. The van der Waals surface area contributed by atoms with Crippen LogP contribution < -0.4 is 16.6 Å². The number of fused-ring (bicyclic) bond motifs is 2. The van der Waals surface area contributed by atoms with Crippen LogP contribution >= 0.6 is 11.6 Å². The molecule has 0 amide bonds. The van der Waals surface area contributed by atoms with Gasteiger partial charge in [-0.1, -0.05) is 41.9 Å². The van der Waals surface area contributed by atoms with Crippen molar-refractivity contribution in [1.82, 2.24) is 14.5 Å². The van der Waals surface area contributed by atoms with Gasteiger partial charge in [0, 0.05) is 17.3 Å². The van der Waals surface area contributed by atoms with Crippen molar-refractivity contribution >= 4 is 45.2 Å². The zero-order valence-electron chi connectivity index (χ0n) is 17.4. The van der Waals surface area contributed by atoms with E-state index in [1.165, 1.54) is 6.07 Å². The monoisotopic (exact) mass is 459 g/mol. The summed E-state index contributed by atoms with van der Waals surface area (Å²) in [4.78, 5) is 22.0. The maximum atomic E-state index is 14.0. The molecule has 3 aromatic carbocycles. The van der Waals surface area contributed by atoms with Gasteiger partial charge < -0.3 is 11.1 Å². The molecule has 5 rings (SSSR count). The largest absolute Gasteiger partial charge is 0.383 e. The second-order valence-corrected chi connectivity index (χ2v) is 7.99. The summed E-state index contributed by atoms with van der Waals surface area (Å²) in [5.74, 6) is 0.0747. The lowest BCUT2D eigenvalue weighted by Gasteiger charge is -2.09. The number of rotatable bonds is 5. The zero-order valence-corrected chi connectivity index (χ0v) is 18.2. The molecule has 0 aliphatic rings. The van der Waals surface area contributed by atoms with E-state index in [9.17, 15) is 9.18 Å². The van der Waals surface area contributed by atoms with Crippen molar-refractivity contribution in [3.05, 3.63) is 99.6 Å². The first-order valence-corrected chi connectivity index (χ1v) is 10.7. The standard InChI is InChI=1S/C25H19ClFN5O/c26-16-9-11-17(12-10-16)32-23(28)21(29-14-13-15-5-1-3-7-19(15)27)22-24(32)30-20-8-4-2-6-18(20)25(33)31-22/h1-12,29H,13-14,28H2. The van der Waals surface area contributed by atoms with Crippen molar-refractivity contribution in [1.29, 1.82) is 0 Å². The Balaban J connectivity index is 1.68. The highest BCUT2D eigenvalue weighted by atomic mass is 35.5. The minimum atomic E-state index is -0.404. The van der Waals surface area contributed by atoms with Crippen LogP contribution in [0.1, 0.15) is 5.56 Å². The van der Waals surface area contributed by atoms with Crippen molar-refractivity contribution in [3.8, 4) is 5.69 Å². The van der Waals surface area contributed by atoms with E-state index < -0.39 is 5.56 Å². The fraction of sp³-hybridized carbons (Fsp3) is 0.0800. The SMILES string of the molecule is Nc1c(NCCc2ccccc2F)c2nc(=O)c3ccccc3nc2n1-c1ccc(Cl)cc1. The molecule has 0 saturated heterocycles. The van der Waals surface area contributed by atoms with Crippen molar-refractivity contribution in [3.63, 3.8) is 0 Å². The van der Waals surface area contributed by atoms with Crippen molar-refractivity contribution in [2.75, 3.05) is 17.6 Å². The number of hydrogen-bond acceptors (Lipinski definition) is 5. The predicted octanol–water partition coefficient (Wildman–Crippen LogP) is 4.96.